The van der Waals surface area contributed by atoms with E-state index in [1.165, 1.54) is 4.90 Å². The molecule has 6 heteroatoms. The van der Waals surface area contributed by atoms with Gasteiger partial charge in [0.15, 0.2) is 0 Å². The van der Waals surface area contributed by atoms with E-state index in [0.717, 1.165) is 22.4 Å². The molecule has 0 fully saturated rings. The van der Waals surface area contributed by atoms with Crippen molar-refractivity contribution in [3.8, 4) is 5.75 Å². The van der Waals surface area contributed by atoms with Crippen molar-refractivity contribution in [1.29, 1.82) is 0 Å². The quantitative estimate of drug-likeness (QED) is 0.542. The van der Waals surface area contributed by atoms with Crippen molar-refractivity contribution in [3.05, 3.63) is 93.5 Å². The number of carbonyl (C=O) groups excluding carboxylic acids is 3. The van der Waals surface area contributed by atoms with Gasteiger partial charge in [-0.1, -0.05) is 35.9 Å². The summed E-state index contributed by atoms with van der Waals surface area (Å²) in [4.78, 5) is 40.0. The molecular formula is C27H26N2O4. The zero-order valence-electron chi connectivity index (χ0n) is 19.2. The minimum absolute atomic E-state index is 0.0711. The Bertz CT molecular complexity index is 1220. The molecule has 0 aromatic heterocycles. The Labute approximate surface area is 193 Å². The minimum Gasteiger partial charge on any atom is -0.493 e. The fraction of sp³-hybridized carbons (Fsp3) is 0.222. The van der Waals surface area contributed by atoms with Crippen molar-refractivity contribution in [3.63, 3.8) is 0 Å². The van der Waals surface area contributed by atoms with Crippen molar-refractivity contribution < 1.29 is 19.1 Å². The van der Waals surface area contributed by atoms with Gasteiger partial charge in [-0.15, -0.1) is 0 Å². The van der Waals surface area contributed by atoms with E-state index in [0.29, 0.717) is 34.6 Å². The van der Waals surface area contributed by atoms with E-state index >= 15 is 0 Å². The molecular weight excluding hydrogens is 416 g/mol. The van der Waals surface area contributed by atoms with Crippen LogP contribution in [0.15, 0.2) is 54.6 Å². The van der Waals surface area contributed by atoms with Crippen LogP contribution < -0.4 is 10.1 Å². The van der Waals surface area contributed by atoms with Gasteiger partial charge in [0.2, 0.25) is 0 Å². The van der Waals surface area contributed by atoms with Gasteiger partial charge in [-0.05, 0) is 68.7 Å². The van der Waals surface area contributed by atoms with Gasteiger partial charge in [-0.3, -0.25) is 19.3 Å². The molecule has 4 rings (SSSR count). The van der Waals surface area contributed by atoms with Crippen LogP contribution in [0.1, 0.15) is 60.3 Å². The lowest BCUT2D eigenvalue weighted by Crippen LogP contribution is -2.29. The molecule has 0 atom stereocenters. The van der Waals surface area contributed by atoms with Crippen LogP contribution in [0.4, 0.5) is 5.69 Å². The highest BCUT2D eigenvalue weighted by Gasteiger charge is 2.35. The third-order valence-corrected chi connectivity index (χ3v) is 5.72. The monoisotopic (exact) mass is 442 g/mol. The summed E-state index contributed by atoms with van der Waals surface area (Å²) in [7, 11) is 0. The Balaban J connectivity index is 1.63. The number of carbonyl (C=O) groups is 3. The average molecular weight is 443 g/mol. The number of hydrogen-bond donors (Lipinski definition) is 1. The average Bonchev–Trinajstić information content (AvgIpc) is 3.02. The number of nitrogens with zero attached hydrogens (tertiary/aromatic N) is 1. The molecule has 0 spiro atoms. The molecule has 1 aliphatic rings. The Morgan fingerprint density at radius 1 is 0.909 bits per heavy atom. The first-order valence-electron chi connectivity index (χ1n) is 10.9. The normalized spacial score (nSPS) is 12.7. The predicted molar refractivity (Wildman–Crippen MR) is 127 cm³/mol. The summed E-state index contributed by atoms with van der Waals surface area (Å²) in [5, 5.41) is 3.01. The van der Waals surface area contributed by atoms with Crippen LogP contribution in [-0.2, 0) is 6.54 Å². The largest absolute Gasteiger partial charge is 0.493 e. The summed E-state index contributed by atoms with van der Waals surface area (Å²) in [6.07, 6.45) is 0. The van der Waals surface area contributed by atoms with Gasteiger partial charge < -0.3 is 10.1 Å². The first kappa shape index (κ1) is 22.3. The molecule has 0 aliphatic carbocycles. The SMILES string of the molecule is CCOc1ccc(CN2C(=O)c3ccccc3C2=O)cc1C(=O)Nc1c(C)cc(C)cc1C. The number of hydrogen-bond acceptors (Lipinski definition) is 4. The van der Waals surface area contributed by atoms with E-state index in [1.54, 1.807) is 42.5 Å². The molecule has 0 radical (unpaired) electrons. The number of nitrogens with one attached hydrogen (secondary N) is 1. The summed E-state index contributed by atoms with van der Waals surface area (Å²) < 4.78 is 5.69. The Hall–Kier alpha value is -3.93. The zero-order chi connectivity index (χ0) is 23.7. The molecule has 0 bridgehead atoms. The van der Waals surface area contributed by atoms with Crippen LogP contribution in [0, 0.1) is 20.8 Å². The minimum atomic E-state index is -0.332. The molecule has 0 saturated heterocycles. The standard InChI is InChI=1S/C27H26N2O4/c1-5-33-23-11-10-19(15-29-26(31)20-8-6-7-9-21(20)27(29)32)14-22(23)25(30)28-24-17(3)12-16(2)13-18(24)4/h6-14H,5,15H2,1-4H3,(H,28,30). The second-order valence-electron chi connectivity index (χ2n) is 8.23. The van der Waals surface area contributed by atoms with Gasteiger partial charge >= 0.3 is 0 Å². The number of imide groups is 1. The van der Waals surface area contributed by atoms with E-state index in [4.69, 9.17) is 4.74 Å². The molecule has 3 aromatic carbocycles. The second kappa shape index (κ2) is 8.90. The van der Waals surface area contributed by atoms with Crippen LogP contribution in [0.3, 0.4) is 0 Å². The lowest BCUT2D eigenvalue weighted by atomic mass is 10.0. The summed E-state index contributed by atoms with van der Waals surface area (Å²) in [5.41, 5.74) is 5.65. The second-order valence-corrected chi connectivity index (χ2v) is 8.23. The van der Waals surface area contributed by atoms with Crippen LogP contribution in [0.5, 0.6) is 5.75 Å². The fourth-order valence-electron chi connectivity index (χ4n) is 4.26. The third-order valence-electron chi connectivity index (χ3n) is 5.72. The van der Waals surface area contributed by atoms with Crippen LogP contribution in [0.2, 0.25) is 0 Å². The molecule has 1 heterocycles. The van der Waals surface area contributed by atoms with Gasteiger partial charge in [-0.2, -0.15) is 0 Å². The molecule has 1 aliphatic heterocycles. The van der Waals surface area contributed by atoms with Crippen molar-refractivity contribution in [2.24, 2.45) is 0 Å². The first-order chi connectivity index (χ1) is 15.8. The summed E-state index contributed by atoms with van der Waals surface area (Å²) in [5.74, 6) is -0.524. The highest BCUT2D eigenvalue weighted by Crippen LogP contribution is 2.28. The van der Waals surface area contributed by atoms with Crippen LogP contribution >= 0.6 is 0 Å². The van der Waals surface area contributed by atoms with Gasteiger partial charge in [0.25, 0.3) is 17.7 Å². The number of anilines is 1. The van der Waals surface area contributed by atoms with Crippen molar-refractivity contribution in [2.45, 2.75) is 34.2 Å². The number of ether oxygens (including phenoxy) is 1. The number of fused-ring (bicyclic) bond motifs is 1. The molecule has 168 valence electrons. The molecule has 1 N–H and O–H groups in total. The van der Waals surface area contributed by atoms with Crippen molar-refractivity contribution in [1.82, 2.24) is 4.90 Å². The lowest BCUT2D eigenvalue weighted by molar-refractivity contribution is 0.0642. The number of aryl methyl sites for hydroxylation is 3. The molecule has 33 heavy (non-hydrogen) atoms. The van der Waals surface area contributed by atoms with E-state index in [-0.39, 0.29) is 24.3 Å². The van der Waals surface area contributed by atoms with E-state index in [2.05, 4.69) is 5.32 Å². The number of amides is 3. The van der Waals surface area contributed by atoms with E-state index < -0.39 is 0 Å². The fourth-order valence-corrected chi connectivity index (χ4v) is 4.26. The molecule has 3 amide bonds. The summed E-state index contributed by atoms with van der Waals surface area (Å²) in [6, 6.07) is 16.0. The maximum absolute atomic E-state index is 13.3. The molecule has 0 saturated carbocycles. The van der Waals surface area contributed by atoms with Crippen molar-refractivity contribution in [2.75, 3.05) is 11.9 Å². The van der Waals surface area contributed by atoms with E-state index in [9.17, 15) is 14.4 Å². The highest BCUT2D eigenvalue weighted by atomic mass is 16.5. The number of benzene rings is 3. The topological polar surface area (TPSA) is 75.7 Å². The Morgan fingerprint density at radius 2 is 1.52 bits per heavy atom. The molecule has 6 nitrogen and oxygen atoms in total. The number of rotatable bonds is 6. The molecule has 0 unspecified atom stereocenters. The highest BCUT2D eigenvalue weighted by molar-refractivity contribution is 6.21. The molecule has 3 aromatic rings. The first-order valence-corrected chi connectivity index (χ1v) is 10.9. The summed E-state index contributed by atoms with van der Waals surface area (Å²) in [6.45, 7) is 8.25. The van der Waals surface area contributed by atoms with Crippen LogP contribution in [-0.4, -0.2) is 29.2 Å². The van der Waals surface area contributed by atoms with Crippen LogP contribution in [0.25, 0.3) is 0 Å². The smallest absolute Gasteiger partial charge is 0.261 e. The maximum Gasteiger partial charge on any atom is 0.261 e. The van der Waals surface area contributed by atoms with Crippen molar-refractivity contribution >= 4 is 23.4 Å². The van der Waals surface area contributed by atoms with E-state index in [1.807, 2.05) is 39.8 Å². The predicted octanol–water partition coefficient (Wildman–Crippen LogP) is 5.06. The Morgan fingerprint density at radius 3 is 2.09 bits per heavy atom. The van der Waals surface area contributed by atoms with Gasteiger partial charge in [0.1, 0.15) is 5.75 Å². The van der Waals surface area contributed by atoms with Gasteiger partial charge in [0, 0.05) is 5.69 Å². The maximum atomic E-state index is 13.3. The third kappa shape index (κ3) is 4.24. The Kier molecular flexibility index (Phi) is 6.01. The summed E-state index contributed by atoms with van der Waals surface area (Å²) >= 11 is 0. The van der Waals surface area contributed by atoms with Gasteiger partial charge in [-0.25, -0.2) is 0 Å². The lowest BCUT2D eigenvalue weighted by Gasteiger charge is -2.17. The zero-order valence-corrected chi connectivity index (χ0v) is 19.2. The van der Waals surface area contributed by atoms with Gasteiger partial charge in [0.05, 0.1) is 29.8 Å².